The molecule has 0 aromatic carbocycles. The van der Waals surface area contributed by atoms with Gasteiger partial charge in [0.15, 0.2) is 5.79 Å². The van der Waals surface area contributed by atoms with Crippen LogP contribution in [0.15, 0.2) is 31.2 Å². The molecule has 128 valence electrons. The van der Waals surface area contributed by atoms with E-state index in [0.717, 1.165) is 30.3 Å². The Morgan fingerprint density at radius 3 is 2.96 bits per heavy atom. The summed E-state index contributed by atoms with van der Waals surface area (Å²) >= 11 is 0. The summed E-state index contributed by atoms with van der Waals surface area (Å²) < 4.78 is 14.7. The van der Waals surface area contributed by atoms with Crippen LogP contribution in [0.5, 0.6) is 0 Å². The van der Waals surface area contributed by atoms with Crippen LogP contribution in [0, 0.1) is 5.92 Å². The van der Waals surface area contributed by atoms with E-state index >= 15 is 0 Å². The zero-order chi connectivity index (χ0) is 16.9. The van der Waals surface area contributed by atoms with E-state index in [-0.39, 0.29) is 18.2 Å². The van der Waals surface area contributed by atoms with E-state index in [1.807, 2.05) is 32.2 Å². The molecule has 0 amide bonds. The van der Waals surface area contributed by atoms with Crippen molar-refractivity contribution in [1.82, 2.24) is 14.5 Å². The number of allylic oxidation sites excluding steroid dienone is 1. The second-order valence-corrected chi connectivity index (χ2v) is 7.21. The standard InChI is InChI=1S/C18H24N4O2/c1-4-5-6-11-9-13(15-14(11)23-18(2,3)24-15)22-8-7-12-16(19)20-10-21-17(12)22/h4,7-8,10-11,13-15H,1,5-6,9H2,2-3H3,(H2,19,20,21)/t11-,13+,14?,15-/m0/s1. The fourth-order valence-corrected chi connectivity index (χ4v) is 4.20. The Morgan fingerprint density at radius 1 is 1.38 bits per heavy atom. The van der Waals surface area contributed by atoms with Crippen molar-refractivity contribution in [2.45, 2.75) is 57.1 Å². The monoisotopic (exact) mass is 328 g/mol. The van der Waals surface area contributed by atoms with Crippen LogP contribution in [0.1, 0.15) is 39.2 Å². The first kappa shape index (κ1) is 15.6. The second kappa shape index (κ2) is 5.57. The lowest BCUT2D eigenvalue weighted by Gasteiger charge is -2.24. The number of nitrogens with zero attached hydrogens (tertiary/aromatic N) is 3. The van der Waals surface area contributed by atoms with Gasteiger partial charge >= 0.3 is 0 Å². The highest BCUT2D eigenvalue weighted by atomic mass is 16.8. The minimum atomic E-state index is -0.544. The topological polar surface area (TPSA) is 75.2 Å². The summed E-state index contributed by atoms with van der Waals surface area (Å²) in [5, 5.41) is 0.891. The molecule has 0 spiro atoms. The lowest BCUT2D eigenvalue weighted by Crippen LogP contribution is -2.27. The highest BCUT2D eigenvalue weighted by Gasteiger charge is 2.54. The first-order valence-corrected chi connectivity index (χ1v) is 8.54. The van der Waals surface area contributed by atoms with Gasteiger partial charge in [0.25, 0.3) is 0 Å². The van der Waals surface area contributed by atoms with Gasteiger partial charge in [-0.25, -0.2) is 9.97 Å². The highest BCUT2D eigenvalue weighted by molar-refractivity contribution is 5.86. The van der Waals surface area contributed by atoms with Gasteiger partial charge < -0.3 is 19.8 Å². The van der Waals surface area contributed by atoms with Crippen molar-refractivity contribution < 1.29 is 9.47 Å². The summed E-state index contributed by atoms with van der Waals surface area (Å²) in [6, 6.07) is 2.18. The number of fused-ring (bicyclic) bond motifs is 2. The van der Waals surface area contributed by atoms with Gasteiger partial charge in [0.2, 0.25) is 0 Å². The molecular formula is C18H24N4O2. The van der Waals surface area contributed by atoms with E-state index in [2.05, 4.69) is 21.1 Å². The van der Waals surface area contributed by atoms with E-state index < -0.39 is 5.79 Å². The molecule has 4 rings (SSSR count). The van der Waals surface area contributed by atoms with Gasteiger partial charge in [-0.05, 0) is 45.1 Å². The van der Waals surface area contributed by atoms with Crippen molar-refractivity contribution in [3.05, 3.63) is 31.2 Å². The number of nitrogens with two attached hydrogens (primary N) is 1. The lowest BCUT2D eigenvalue weighted by molar-refractivity contribution is -0.160. The van der Waals surface area contributed by atoms with Gasteiger partial charge in [-0.15, -0.1) is 6.58 Å². The van der Waals surface area contributed by atoms with Gasteiger partial charge in [-0.2, -0.15) is 0 Å². The number of aromatic nitrogens is 3. The molecule has 2 aromatic heterocycles. The average Bonchev–Trinajstić information content (AvgIpc) is 3.17. The predicted molar refractivity (Wildman–Crippen MR) is 92.3 cm³/mol. The smallest absolute Gasteiger partial charge is 0.163 e. The highest BCUT2D eigenvalue weighted by Crippen LogP contribution is 2.49. The van der Waals surface area contributed by atoms with Gasteiger partial charge in [0, 0.05) is 6.20 Å². The number of nitrogen functional groups attached to an aromatic ring is 1. The van der Waals surface area contributed by atoms with Crippen LogP contribution in [0.25, 0.3) is 11.0 Å². The van der Waals surface area contributed by atoms with Gasteiger partial charge in [0.1, 0.15) is 23.9 Å². The zero-order valence-electron chi connectivity index (χ0n) is 14.2. The largest absolute Gasteiger partial charge is 0.383 e. The lowest BCUT2D eigenvalue weighted by atomic mass is 9.99. The Bertz CT molecular complexity index is 769. The van der Waals surface area contributed by atoms with Gasteiger partial charge in [-0.1, -0.05) is 6.08 Å². The molecule has 2 fully saturated rings. The molecule has 1 saturated heterocycles. The molecule has 3 heterocycles. The Balaban J connectivity index is 1.71. The molecule has 2 aromatic rings. The normalized spacial score (nSPS) is 31.4. The summed E-state index contributed by atoms with van der Waals surface area (Å²) in [5.41, 5.74) is 6.84. The molecule has 4 atom stereocenters. The van der Waals surface area contributed by atoms with Crippen molar-refractivity contribution in [2.75, 3.05) is 5.73 Å². The molecule has 6 nitrogen and oxygen atoms in total. The number of anilines is 1. The van der Waals surface area contributed by atoms with E-state index in [4.69, 9.17) is 15.2 Å². The Kier molecular flexibility index (Phi) is 3.62. The summed E-state index contributed by atoms with van der Waals surface area (Å²) in [5.74, 6) is 0.425. The van der Waals surface area contributed by atoms with Crippen LogP contribution in [-0.4, -0.2) is 32.5 Å². The molecule has 2 N–H and O–H groups in total. The third-order valence-corrected chi connectivity index (χ3v) is 5.19. The molecule has 1 saturated carbocycles. The Morgan fingerprint density at radius 2 is 2.17 bits per heavy atom. The molecule has 0 bridgehead atoms. The maximum Gasteiger partial charge on any atom is 0.163 e. The van der Waals surface area contributed by atoms with Crippen molar-refractivity contribution in [3.63, 3.8) is 0 Å². The van der Waals surface area contributed by atoms with Crippen LogP contribution in [0.4, 0.5) is 5.82 Å². The van der Waals surface area contributed by atoms with Gasteiger partial charge in [-0.3, -0.25) is 0 Å². The molecule has 1 aliphatic heterocycles. The third kappa shape index (κ3) is 2.41. The second-order valence-electron chi connectivity index (χ2n) is 7.21. The van der Waals surface area contributed by atoms with Crippen molar-refractivity contribution in [1.29, 1.82) is 0 Å². The quantitative estimate of drug-likeness (QED) is 0.873. The first-order chi connectivity index (χ1) is 11.5. The summed E-state index contributed by atoms with van der Waals surface area (Å²) in [6.45, 7) is 7.82. The first-order valence-electron chi connectivity index (χ1n) is 8.54. The molecule has 2 aliphatic rings. The van der Waals surface area contributed by atoms with Crippen LogP contribution in [-0.2, 0) is 9.47 Å². The molecule has 6 heteroatoms. The number of hydrogen-bond acceptors (Lipinski definition) is 5. The van der Waals surface area contributed by atoms with E-state index in [9.17, 15) is 0 Å². The van der Waals surface area contributed by atoms with Crippen LogP contribution in [0.2, 0.25) is 0 Å². The summed E-state index contributed by atoms with van der Waals surface area (Å²) in [4.78, 5) is 8.52. The number of hydrogen-bond donors (Lipinski definition) is 1. The average molecular weight is 328 g/mol. The molecule has 1 aliphatic carbocycles. The molecule has 0 radical (unpaired) electrons. The van der Waals surface area contributed by atoms with Crippen molar-refractivity contribution >= 4 is 16.9 Å². The fraction of sp³-hybridized carbons (Fsp3) is 0.556. The Hall–Kier alpha value is -1.92. The van der Waals surface area contributed by atoms with Crippen LogP contribution >= 0.6 is 0 Å². The van der Waals surface area contributed by atoms with Crippen LogP contribution in [0.3, 0.4) is 0 Å². The van der Waals surface area contributed by atoms with E-state index in [0.29, 0.717) is 11.7 Å². The minimum Gasteiger partial charge on any atom is -0.383 e. The van der Waals surface area contributed by atoms with E-state index in [1.54, 1.807) is 0 Å². The number of ether oxygens (including phenoxy) is 2. The van der Waals surface area contributed by atoms with Gasteiger partial charge in [0.05, 0.1) is 17.5 Å². The maximum atomic E-state index is 6.25. The SMILES string of the molecule is C=CCC[C@H]1C[C@@H](n2ccc3c(N)ncnc32)[C@@H]2OC(C)(C)OC12. The molecular weight excluding hydrogens is 304 g/mol. The van der Waals surface area contributed by atoms with Crippen molar-refractivity contribution in [3.8, 4) is 0 Å². The summed E-state index contributed by atoms with van der Waals surface area (Å²) in [7, 11) is 0. The van der Waals surface area contributed by atoms with Crippen LogP contribution < -0.4 is 5.73 Å². The minimum absolute atomic E-state index is 0.0293. The fourth-order valence-electron chi connectivity index (χ4n) is 4.20. The third-order valence-electron chi connectivity index (χ3n) is 5.19. The zero-order valence-corrected chi connectivity index (χ0v) is 14.2. The Labute approximate surface area is 141 Å². The summed E-state index contributed by atoms with van der Waals surface area (Å²) in [6.07, 6.45) is 8.74. The molecule has 1 unspecified atom stereocenters. The predicted octanol–water partition coefficient (Wildman–Crippen LogP) is 3.06. The number of rotatable bonds is 4. The van der Waals surface area contributed by atoms with Crippen molar-refractivity contribution in [2.24, 2.45) is 5.92 Å². The maximum absolute atomic E-state index is 6.25. The van der Waals surface area contributed by atoms with E-state index in [1.165, 1.54) is 6.33 Å². The molecule has 24 heavy (non-hydrogen) atoms.